The highest BCUT2D eigenvalue weighted by atomic mass is 79.9. The Morgan fingerprint density at radius 1 is 1.21 bits per heavy atom. The zero-order valence-corrected chi connectivity index (χ0v) is 13.3. The van der Waals surface area contributed by atoms with Crippen molar-refractivity contribution in [1.29, 1.82) is 0 Å². The molecule has 0 radical (unpaired) electrons. The highest BCUT2D eigenvalue weighted by Gasteiger charge is 2.18. The number of hydrogen-bond acceptors (Lipinski definition) is 4. The fraction of sp³-hybridized carbons (Fsp3) is 0.571. The first-order chi connectivity index (χ1) is 9.17. The van der Waals surface area contributed by atoms with Crippen LogP contribution in [0.2, 0.25) is 0 Å². The molecule has 0 unspecified atom stereocenters. The summed E-state index contributed by atoms with van der Waals surface area (Å²) in [5.74, 6) is 1.78. The van der Waals surface area contributed by atoms with Gasteiger partial charge in [0.2, 0.25) is 0 Å². The van der Waals surface area contributed by atoms with Crippen molar-refractivity contribution in [1.82, 2.24) is 10.2 Å². The minimum atomic E-state index is 0.848. The van der Waals surface area contributed by atoms with E-state index in [9.17, 15) is 0 Å². The molecule has 19 heavy (non-hydrogen) atoms. The smallest absolute Gasteiger partial charge is 0.139 e. The van der Waals surface area contributed by atoms with E-state index >= 15 is 0 Å². The Bertz CT molecular complexity index is 446. The Hall–Kier alpha value is -0.780. The minimum absolute atomic E-state index is 0.848. The average molecular weight is 329 g/mol. The number of methoxy groups -OCH3 is 2. The van der Waals surface area contributed by atoms with Crippen molar-refractivity contribution in [3.05, 3.63) is 21.7 Å². The highest BCUT2D eigenvalue weighted by molar-refractivity contribution is 9.10. The second kappa shape index (κ2) is 6.59. The van der Waals surface area contributed by atoms with Crippen molar-refractivity contribution >= 4 is 15.9 Å². The lowest BCUT2D eigenvalue weighted by molar-refractivity contribution is 0.229. The Labute approximate surface area is 123 Å². The summed E-state index contributed by atoms with van der Waals surface area (Å²) in [6.07, 6.45) is 0. The van der Waals surface area contributed by atoms with Crippen LogP contribution in [0.3, 0.4) is 0 Å². The van der Waals surface area contributed by atoms with Gasteiger partial charge in [0.1, 0.15) is 11.5 Å². The van der Waals surface area contributed by atoms with Crippen molar-refractivity contribution in [3.8, 4) is 11.5 Å². The van der Waals surface area contributed by atoms with Crippen molar-refractivity contribution in [2.75, 3.05) is 40.4 Å². The molecule has 1 aliphatic heterocycles. The number of nitrogens with zero attached hydrogens (tertiary/aromatic N) is 1. The van der Waals surface area contributed by atoms with E-state index in [0.29, 0.717) is 0 Å². The molecular weight excluding hydrogens is 308 g/mol. The van der Waals surface area contributed by atoms with E-state index in [-0.39, 0.29) is 0 Å². The fourth-order valence-corrected chi connectivity index (χ4v) is 3.31. The summed E-state index contributed by atoms with van der Waals surface area (Å²) in [5.41, 5.74) is 2.25. The third-order valence-electron chi connectivity index (χ3n) is 3.50. The minimum Gasteiger partial charge on any atom is -0.496 e. The van der Waals surface area contributed by atoms with Gasteiger partial charge in [0, 0.05) is 43.9 Å². The van der Waals surface area contributed by atoms with E-state index in [1.807, 2.05) is 6.92 Å². The Kier molecular flexibility index (Phi) is 5.07. The number of rotatable bonds is 4. The molecule has 0 spiro atoms. The molecule has 2 rings (SSSR count). The maximum atomic E-state index is 5.57. The van der Waals surface area contributed by atoms with Gasteiger partial charge in [-0.15, -0.1) is 0 Å². The molecule has 4 nitrogen and oxygen atoms in total. The predicted octanol–water partition coefficient (Wildman–Crippen LogP) is 2.18. The van der Waals surface area contributed by atoms with Crippen molar-refractivity contribution in [2.45, 2.75) is 13.5 Å². The Balaban J connectivity index is 2.28. The van der Waals surface area contributed by atoms with Gasteiger partial charge < -0.3 is 14.8 Å². The van der Waals surface area contributed by atoms with Crippen molar-refractivity contribution in [3.63, 3.8) is 0 Å². The zero-order chi connectivity index (χ0) is 13.8. The standard InChI is InChI=1S/C14H21BrN2O2/c1-10-13(18-2)11(8-12(15)14(10)19-3)9-17-6-4-16-5-7-17/h8,16H,4-7,9H2,1-3H3. The SMILES string of the molecule is COc1c(Br)cc(CN2CCNCC2)c(OC)c1C. The molecule has 5 heteroatoms. The topological polar surface area (TPSA) is 33.7 Å². The monoisotopic (exact) mass is 328 g/mol. The molecule has 1 aromatic carbocycles. The molecule has 0 atom stereocenters. The van der Waals surface area contributed by atoms with Gasteiger partial charge in [0.25, 0.3) is 0 Å². The maximum absolute atomic E-state index is 5.57. The third-order valence-corrected chi connectivity index (χ3v) is 4.09. The van der Waals surface area contributed by atoms with Crippen LogP contribution in [0.15, 0.2) is 10.5 Å². The molecule has 0 saturated carbocycles. The summed E-state index contributed by atoms with van der Waals surface area (Å²) in [7, 11) is 3.40. The summed E-state index contributed by atoms with van der Waals surface area (Å²) in [6, 6.07) is 2.10. The largest absolute Gasteiger partial charge is 0.496 e. The Morgan fingerprint density at radius 2 is 1.84 bits per heavy atom. The molecule has 0 aromatic heterocycles. The van der Waals surface area contributed by atoms with Crippen LogP contribution in [0.5, 0.6) is 11.5 Å². The molecule has 1 fully saturated rings. The van der Waals surface area contributed by atoms with Crippen LogP contribution >= 0.6 is 15.9 Å². The molecule has 0 aliphatic carbocycles. The van der Waals surface area contributed by atoms with Gasteiger partial charge in [-0.05, 0) is 28.9 Å². The van der Waals surface area contributed by atoms with Crippen LogP contribution in [0.25, 0.3) is 0 Å². The van der Waals surface area contributed by atoms with E-state index in [1.54, 1.807) is 14.2 Å². The van der Waals surface area contributed by atoms with E-state index in [1.165, 1.54) is 5.56 Å². The fourth-order valence-electron chi connectivity index (χ4n) is 2.57. The Morgan fingerprint density at radius 3 is 2.42 bits per heavy atom. The van der Waals surface area contributed by atoms with Crippen LogP contribution in [-0.2, 0) is 6.54 Å². The summed E-state index contributed by atoms with van der Waals surface area (Å²) in [4.78, 5) is 2.44. The number of benzene rings is 1. The first kappa shape index (κ1) is 14.6. The van der Waals surface area contributed by atoms with Crippen LogP contribution in [0, 0.1) is 6.92 Å². The molecule has 1 N–H and O–H groups in total. The van der Waals surface area contributed by atoms with Crippen LogP contribution in [0.4, 0.5) is 0 Å². The highest BCUT2D eigenvalue weighted by Crippen LogP contribution is 2.38. The maximum Gasteiger partial charge on any atom is 0.139 e. The lowest BCUT2D eigenvalue weighted by Crippen LogP contribution is -2.42. The number of halogens is 1. The van der Waals surface area contributed by atoms with Crippen molar-refractivity contribution in [2.24, 2.45) is 0 Å². The molecule has 0 bridgehead atoms. The first-order valence-corrected chi connectivity index (χ1v) is 7.29. The summed E-state index contributed by atoms with van der Waals surface area (Å²) in [6.45, 7) is 7.20. The van der Waals surface area contributed by atoms with E-state index < -0.39 is 0 Å². The van der Waals surface area contributed by atoms with Crippen LogP contribution < -0.4 is 14.8 Å². The van der Waals surface area contributed by atoms with Gasteiger partial charge in [-0.25, -0.2) is 0 Å². The molecule has 1 heterocycles. The van der Waals surface area contributed by atoms with E-state index in [2.05, 4.69) is 32.2 Å². The van der Waals surface area contributed by atoms with Gasteiger partial charge in [-0.1, -0.05) is 0 Å². The summed E-state index contributed by atoms with van der Waals surface area (Å²) < 4.78 is 12.0. The molecule has 106 valence electrons. The van der Waals surface area contributed by atoms with E-state index in [4.69, 9.17) is 9.47 Å². The lowest BCUT2D eigenvalue weighted by atomic mass is 10.1. The van der Waals surface area contributed by atoms with Gasteiger partial charge in [0.15, 0.2) is 0 Å². The molecule has 1 saturated heterocycles. The molecule has 1 aromatic rings. The molecule has 1 aliphatic rings. The van der Waals surface area contributed by atoms with Crippen molar-refractivity contribution < 1.29 is 9.47 Å². The lowest BCUT2D eigenvalue weighted by Gasteiger charge is -2.28. The molecular formula is C14H21BrN2O2. The third kappa shape index (κ3) is 3.22. The average Bonchev–Trinajstić information content (AvgIpc) is 2.40. The van der Waals surface area contributed by atoms with Gasteiger partial charge in [0.05, 0.1) is 18.7 Å². The number of ether oxygens (including phenoxy) is 2. The van der Waals surface area contributed by atoms with Crippen LogP contribution in [-0.4, -0.2) is 45.3 Å². The summed E-state index contributed by atoms with van der Waals surface area (Å²) in [5, 5.41) is 3.37. The van der Waals surface area contributed by atoms with Gasteiger partial charge in [-0.3, -0.25) is 4.90 Å². The normalized spacial score (nSPS) is 16.4. The number of nitrogens with one attached hydrogen (secondary N) is 1. The quantitative estimate of drug-likeness (QED) is 0.918. The van der Waals surface area contributed by atoms with E-state index in [0.717, 1.165) is 54.3 Å². The van der Waals surface area contributed by atoms with Crippen LogP contribution in [0.1, 0.15) is 11.1 Å². The second-order valence-corrected chi connectivity index (χ2v) is 5.59. The van der Waals surface area contributed by atoms with Gasteiger partial charge >= 0.3 is 0 Å². The zero-order valence-electron chi connectivity index (χ0n) is 11.8. The number of hydrogen-bond donors (Lipinski definition) is 1. The number of piperazine rings is 1. The predicted molar refractivity (Wildman–Crippen MR) is 80.1 cm³/mol. The second-order valence-electron chi connectivity index (χ2n) is 4.74. The summed E-state index contributed by atoms with van der Waals surface area (Å²) >= 11 is 3.57. The molecule has 0 amide bonds. The van der Waals surface area contributed by atoms with Gasteiger partial charge in [-0.2, -0.15) is 0 Å². The first-order valence-electron chi connectivity index (χ1n) is 6.50.